The molecule has 2 atom stereocenters. The Morgan fingerprint density at radius 2 is 2.14 bits per heavy atom. The van der Waals surface area contributed by atoms with Gasteiger partial charge in [0.2, 0.25) is 5.91 Å². The normalized spacial score (nSPS) is 20.6. The molecule has 3 heterocycles. The topological polar surface area (TPSA) is 66.9 Å². The van der Waals surface area contributed by atoms with Crippen LogP contribution in [0.2, 0.25) is 0 Å². The molecular formula is C22H28N4O3. The number of anilines is 2. The van der Waals surface area contributed by atoms with Crippen LogP contribution in [0.3, 0.4) is 0 Å². The average Bonchev–Trinajstić information content (AvgIpc) is 2.78. The number of rotatable bonds is 6. The van der Waals surface area contributed by atoms with E-state index in [1.807, 2.05) is 30.5 Å². The molecule has 7 heteroatoms. The second-order valence-electron chi connectivity index (χ2n) is 7.48. The summed E-state index contributed by atoms with van der Waals surface area (Å²) < 4.78 is 10.5. The van der Waals surface area contributed by atoms with Gasteiger partial charge in [-0.05, 0) is 30.2 Å². The molecule has 1 aromatic carbocycles. The maximum Gasteiger partial charge on any atom is 0.225 e. The Kier molecular flexibility index (Phi) is 5.85. The third-order valence-electron chi connectivity index (χ3n) is 5.84. The molecule has 0 aliphatic carbocycles. The molecule has 2 aromatic rings. The van der Waals surface area contributed by atoms with Crippen LogP contribution in [0.4, 0.5) is 11.5 Å². The van der Waals surface area contributed by atoms with Crippen LogP contribution in [-0.2, 0) is 16.0 Å². The first-order valence-corrected chi connectivity index (χ1v) is 10.1. The lowest BCUT2D eigenvalue weighted by Crippen LogP contribution is -2.61. The van der Waals surface area contributed by atoms with E-state index in [-0.39, 0.29) is 17.9 Å². The zero-order valence-corrected chi connectivity index (χ0v) is 17.0. The van der Waals surface area contributed by atoms with E-state index in [0.29, 0.717) is 13.2 Å². The average molecular weight is 396 g/mol. The standard InChI is InChI=1S/C22H28N4O3/c1-28-12-9-24-22(27)18-13-16-6-7-17(29-2)14-19(16)26-11-10-25(15-20(18)26)21-5-3-4-8-23-21/h3-8,14,18,20H,9-13,15H2,1-2H3,(H,24,27). The quantitative estimate of drug-likeness (QED) is 0.750. The lowest BCUT2D eigenvalue weighted by molar-refractivity contribution is -0.126. The van der Waals surface area contributed by atoms with Gasteiger partial charge in [-0.25, -0.2) is 4.98 Å². The Balaban J connectivity index is 1.62. The molecule has 2 aliphatic rings. The summed E-state index contributed by atoms with van der Waals surface area (Å²) in [6.45, 7) is 3.50. The number of pyridine rings is 1. The number of carbonyl (C=O) groups is 1. The maximum absolute atomic E-state index is 13.1. The Labute approximate surface area is 171 Å². The largest absolute Gasteiger partial charge is 0.497 e. The number of carbonyl (C=O) groups excluding carboxylic acids is 1. The van der Waals surface area contributed by atoms with E-state index < -0.39 is 0 Å². The lowest BCUT2D eigenvalue weighted by Gasteiger charge is -2.49. The summed E-state index contributed by atoms with van der Waals surface area (Å²) in [6, 6.07) is 12.2. The van der Waals surface area contributed by atoms with Crippen molar-refractivity contribution in [1.29, 1.82) is 0 Å². The number of benzene rings is 1. The highest BCUT2D eigenvalue weighted by molar-refractivity contribution is 5.82. The van der Waals surface area contributed by atoms with Gasteiger partial charge in [-0.3, -0.25) is 4.79 Å². The molecule has 0 saturated carbocycles. The minimum atomic E-state index is -0.126. The van der Waals surface area contributed by atoms with Crippen molar-refractivity contribution in [2.75, 3.05) is 56.8 Å². The van der Waals surface area contributed by atoms with E-state index in [9.17, 15) is 4.79 Å². The van der Waals surface area contributed by atoms with Crippen molar-refractivity contribution in [3.05, 3.63) is 48.2 Å². The van der Waals surface area contributed by atoms with Gasteiger partial charge in [0.1, 0.15) is 11.6 Å². The number of piperazine rings is 1. The highest BCUT2D eigenvalue weighted by atomic mass is 16.5. The van der Waals surface area contributed by atoms with Crippen LogP contribution in [0.15, 0.2) is 42.6 Å². The van der Waals surface area contributed by atoms with Gasteiger partial charge in [-0.2, -0.15) is 0 Å². The van der Waals surface area contributed by atoms with Crippen molar-refractivity contribution in [3.8, 4) is 5.75 Å². The van der Waals surface area contributed by atoms with E-state index in [1.54, 1.807) is 14.2 Å². The van der Waals surface area contributed by atoms with E-state index in [2.05, 4.69) is 32.2 Å². The molecule has 1 amide bonds. The second-order valence-corrected chi connectivity index (χ2v) is 7.48. The van der Waals surface area contributed by atoms with Gasteiger partial charge < -0.3 is 24.6 Å². The summed E-state index contributed by atoms with van der Waals surface area (Å²) in [6.07, 6.45) is 2.53. The van der Waals surface area contributed by atoms with Gasteiger partial charge >= 0.3 is 0 Å². The number of amides is 1. The van der Waals surface area contributed by atoms with E-state index in [0.717, 1.165) is 37.6 Å². The Bertz CT molecular complexity index is 845. The number of nitrogens with zero attached hydrogens (tertiary/aromatic N) is 3. The van der Waals surface area contributed by atoms with Gasteiger partial charge in [0.25, 0.3) is 0 Å². The first-order valence-electron chi connectivity index (χ1n) is 10.1. The predicted molar refractivity (Wildman–Crippen MR) is 113 cm³/mol. The van der Waals surface area contributed by atoms with E-state index in [4.69, 9.17) is 9.47 Å². The minimum absolute atomic E-state index is 0.0768. The molecule has 0 radical (unpaired) electrons. The van der Waals surface area contributed by atoms with Crippen LogP contribution >= 0.6 is 0 Å². The van der Waals surface area contributed by atoms with E-state index in [1.165, 1.54) is 11.3 Å². The van der Waals surface area contributed by atoms with Crippen LogP contribution in [0.1, 0.15) is 5.56 Å². The van der Waals surface area contributed by atoms with Gasteiger partial charge in [-0.15, -0.1) is 0 Å². The number of nitrogens with one attached hydrogen (secondary N) is 1. The number of fused-ring (bicyclic) bond motifs is 3. The summed E-state index contributed by atoms with van der Waals surface area (Å²) in [5, 5.41) is 3.04. The van der Waals surface area contributed by atoms with Crippen molar-refractivity contribution in [2.24, 2.45) is 5.92 Å². The molecule has 1 fully saturated rings. The van der Waals surface area contributed by atoms with E-state index >= 15 is 0 Å². The maximum atomic E-state index is 13.1. The van der Waals surface area contributed by atoms with Gasteiger partial charge in [0.05, 0.1) is 25.7 Å². The lowest BCUT2D eigenvalue weighted by atomic mass is 9.83. The van der Waals surface area contributed by atoms with Crippen molar-refractivity contribution in [3.63, 3.8) is 0 Å². The minimum Gasteiger partial charge on any atom is -0.497 e. The third-order valence-corrected chi connectivity index (χ3v) is 5.84. The first kappa shape index (κ1) is 19.5. The van der Waals surface area contributed by atoms with Crippen LogP contribution < -0.4 is 19.9 Å². The van der Waals surface area contributed by atoms with Crippen molar-refractivity contribution in [1.82, 2.24) is 10.3 Å². The Morgan fingerprint density at radius 1 is 1.24 bits per heavy atom. The number of ether oxygens (including phenoxy) is 2. The number of hydrogen-bond donors (Lipinski definition) is 1. The van der Waals surface area contributed by atoms with Crippen molar-refractivity contribution >= 4 is 17.4 Å². The fourth-order valence-corrected chi connectivity index (χ4v) is 4.36. The first-order chi connectivity index (χ1) is 14.2. The molecule has 0 bridgehead atoms. The second kappa shape index (κ2) is 8.69. The smallest absolute Gasteiger partial charge is 0.225 e. The molecule has 0 spiro atoms. The Morgan fingerprint density at radius 3 is 2.90 bits per heavy atom. The van der Waals surface area contributed by atoms with Crippen LogP contribution in [-0.4, -0.2) is 63.9 Å². The fourth-order valence-electron chi connectivity index (χ4n) is 4.36. The summed E-state index contributed by atoms with van der Waals surface area (Å²) in [5.41, 5.74) is 2.37. The molecule has 7 nitrogen and oxygen atoms in total. The van der Waals surface area contributed by atoms with Crippen LogP contribution in [0.25, 0.3) is 0 Å². The zero-order valence-electron chi connectivity index (χ0n) is 17.0. The highest BCUT2D eigenvalue weighted by Gasteiger charge is 2.41. The monoisotopic (exact) mass is 396 g/mol. The third kappa shape index (κ3) is 4.00. The van der Waals surface area contributed by atoms with Crippen LogP contribution in [0.5, 0.6) is 5.75 Å². The molecule has 2 unspecified atom stereocenters. The fraction of sp³-hybridized carbons (Fsp3) is 0.455. The van der Waals surface area contributed by atoms with Gasteiger partial charge in [0, 0.05) is 51.2 Å². The molecular weight excluding hydrogens is 368 g/mol. The summed E-state index contributed by atoms with van der Waals surface area (Å²) in [5.74, 6) is 1.76. The Hall–Kier alpha value is -2.80. The predicted octanol–water partition coefficient (Wildman–Crippen LogP) is 1.72. The molecule has 1 N–H and O–H groups in total. The van der Waals surface area contributed by atoms with Crippen molar-refractivity contribution < 1.29 is 14.3 Å². The molecule has 1 saturated heterocycles. The molecule has 4 rings (SSSR count). The number of methoxy groups -OCH3 is 2. The molecule has 29 heavy (non-hydrogen) atoms. The number of aromatic nitrogens is 1. The SMILES string of the molecule is COCCNC(=O)C1Cc2ccc(OC)cc2N2CCN(c3ccccn3)CC12. The zero-order chi connectivity index (χ0) is 20.2. The molecule has 2 aliphatic heterocycles. The van der Waals surface area contributed by atoms with Crippen LogP contribution in [0, 0.1) is 5.92 Å². The summed E-state index contributed by atoms with van der Waals surface area (Å²) in [4.78, 5) is 22.2. The van der Waals surface area contributed by atoms with Gasteiger partial charge in [0.15, 0.2) is 0 Å². The number of hydrogen-bond acceptors (Lipinski definition) is 6. The summed E-state index contributed by atoms with van der Waals surface area (Å²) in [7, 11) is 3.33. The van der Waals surface area contributed by atoms with Crippen molar-refractivity contribution in [2.45, 2.75) is 12.5 Å². The van der Waals surface area contributed by atoms with Gasteiger partial charge in [-0.1, -0.05) is 12.1 Å². The molecule has 154 valence electrons. The highest BCUT2D eigenvalue weighted by Crippen LogP contribution is 2.38. The summed E-state index contributed by atoms with van der Waals surface area (Å²) >= 11 is 0. The molecule has 1 aromatic heterocycles.